The number of halogens is 3. The van der Waals surface area contributed by atoms with Crippen LogP contribution in [-0.2, 0) is 6.18 Å². The van der Waals surface area contributed by atoms with Crippen LogP contribution in [0.1, 0.15) is 16.7 Å². The molecule has 0 unspecified atom stereocenters. The fourth-order valence-corrected chi connectivity index (χ4v) is 2.06. The minimum absolute atomic E-state index is 0.0592. The molecule has 2 aromatic rings. The molecule has 2 N–H and O–H groups in total. The normalized spacial score (nSPS) is 11.0. The van der Waals surface area contributed by atoms with Crippen molar-refractivity contribution in [3.63, 3.8) is 0 Å². The van der Waals surface area contributed by atoms with Gasteiger partial charge in [0.2, 0.25) is 0 Å². The third kappa shape index (κ3) is 4.91. The fourth-order valence-electron chi connectivity index (χ4n) is 2.06. The van der Waals surface area contributed by atoms with Crippen LogP contribution in [-0.4, -0.2) is 12.8 Å². The average molecular weight is 338 g/mol. The fraction of sp³-hybridized carbons (Fsp3) is 0.235. The Kier molecular flexibility index (Phi) is 5.33. The van der Waals surface area contributed by atoms with Crippen molar-refractivity contribution in [2.24, 2.45) is 0 Å². The highest BCUT2D eigenvalue weighted by molar-refractivity contribution is 5.89. The molecule has 0 fully saturated rings. The van der Waals surface area contributed by atoms with E-state index < -0.39 is 17.8 Å². The molecule has 7 heteroatoms. The summed E-state index contributed by atoms with van der Waals surface area (Å²) in [6, 6.07) is 9.27. The molecule has 0 saturated carbocycles. The number of urea groups is 1. The summed E-state index contributed by atoms with van der Waals surface area (Å²) in [6.07, 6.45) is -4.40. The van der Waals surface area contributed by atoms with Crippen LogP contribution in [0.15, 0.2) is 42.5 Å². The number of alkyl halides is 3. The standard InChI is InChI=1S/C17H17F3N2O2/c1-11-3-8-15(12(2)9-11)24-10-21-16(23)22-14-6-4-13(5-7-14)17(18,19)20/h3-9H,10H2,1-2H3,(H2,21,22,23). The number of nitrogens with one attached hydrogen (secondary N) is 2. The smallest absolute Gasteiger partial charge is 0.416 e. The number of carbonyl (C=O) groups is 1. The van der Waals surface area contributed by atoms with E-state index in [0.717, 1.165) is 23.3 Å². The molecular formula is C17H17F3N2O2. The summed E-state index contributed by atoms with van der Waals surface area (Å²) in [5, 5.41) is 4.91. The first kappa shape index (κ1) is 17.7. The Labute approximate surface area is 137 Å². The molecule has 0 aliphatic carbocycles. The highest BCUT2D eigenvalue weighted by Crippen LogP contribution is 2.29. The van der Waals surface area contributed by atoms with Crippen molar-refractivity contribution in [2.75, 3.05) is 12.0 Å². The van der Waals surface area contributed by atoms with Crippen LogP contribution in [0, 0.1) is 13.8 Å². The second-order valence-corrected chi connectivity index (χ2v) is 5.26. The predicted molar refractivity (Wildman–Crippen MR) is 85.0 cm³/mol. The zero-order valence-corrected chi connectivity index (χ0v) is 13.2. The first-order valence-corrected chi connectivity index (χ1v) is 7.18. The van der Waals surface area contributed by atoms with E-state index in [2.05, 4.69) is 10.6 Å². The van der Waals surface area contributed by atoms with Gasteiger partial charge in [0.25, 0.3) is 0 Å². The van der Waals surface area contributed by atoms with E-state index in [1.807, 2.05) is 26.0 Å². The number of ether oxygens (including phenoxy) is 1. The molecule has 4 nitrogen and oxygen atoms in total. The van der Waals surface area contributed by atoms with Gasteiger partial charge in [0.05, 0.1) is 5.56 Å². The van der Waals surface area contributed by atoms with E-state index in [1.54, 1.807) is 6.07 Å². The molecule has 0 spiro atoms. The Hall–Kier alpha value is -2.70. The first-order valence-electron chi connectivity index (χ1n) is 7.18. The van der Waals surface area contributed by atoms with E-state index in [4.69, 9.17) is 4.74 Å². The molecule has 2 rings (SSSR count). The molecule has 2 aromatic carbocycles. The molecular weight excluding hydrogens is 321 g/mol. The molecule has 0 heterocycles. The van der Waals surface area contributed by atoms with Gasteiger partial charge in [-0.1, -0.05) is 17.7 Å². The van der Waals surface area contributed by atoms with Gasteiger partial charge in [-0.2, -0.15) is 13.2 Å². The van der Waals surface area contributed by atoms with Crippen LogP contribution in [0.4, 0.5) is 23.7 Å². The van der Waals surface area contributed by atoms with Crippen LogP contribution in [0.3, 0.4) is 0 Å². The molecule has 0 aliphatic heterocycles. The van der Waals surface area contributed by atoms with Gasteiger partial charge < -0.3 is 15.4 Å². The number of aryl methyl sites for hydroxylation is 2. The van der Waals surface area contributed by atoms with Crippen molar-refractivity contribution in [3.05, 3.63) is 59.2 Å². The van der Waals surface area contributed by atoms with Gasteiger partial charge in [-0.15, -0.1) is 0 Å². The molecule has 0 bridgehead atoms. The van der Waals surface area contributed by atoms with Gasteiger partial charge in [-0.25, -0.2) is 4.79 Å². The van der Waals surface area contributed by atoms with E-state index >= 15 is 0 Å². The monoisotopic (exact) mass is 338 g/mol. The lowest BCUT2D eigenvalue weighted by atomic mass is 10.1. The van der Waals surface area contributed by atoms with Gasteiger partial charge in [-0.3, -0.25) is 0 Å². The molecule has 0 radical (unpaired) electrons. The zero-order chi connectivity index (χ0) is 17.7. The lowest BCUT2D eigenvalue weighted by Gasteiger charge is -2.12. The zero-order valence-electron chi connectivity index (χ0n) is 13.2. The molecule has 0 saturated heterocycles. The Balaban J connectivity index is 1.83. The minimum atomic E-state index is -4.40. The van der Waals surface area contributed by atoms with Crippen LogP contribution in [0.2, 0.25) is 0 Å². The summed E-state index contributed by atoms with van der Waals surface area (Å²) >= 11 is 0. The second-order valence-electron chi connectivity index (χ2n) is 5.26. The SMILES string of the molecule is Cc1ccc(OCNC(=O)Nc2ccc(C(F)(F)F)cc2)c(C)c1. The van der Waals surface area contributed by atoms with E-state index in [9.17, 15) is 18.0 Å². The first-order chi connectivity index (χ1) is 11.3. The topological polar surface area (TPSA) is 50.4 Å². The number of anilines is 1. The van der Waals surface area contributed by atoms with Crippen molar-refractivity contribution in [1.29, 1.82) is 0 Å². The highest BCUT2D eigenvalue weighted by atomic mass is 19.4. The van der Waals surface area contributed by atoms with Crippen LogP contribution in [0.5, 0.6) is 5.75 Å². The number of benzene rings is 2. The molecule has 24 heavy (non-hydrogen) atoms. The summed E-state index contributed by atoms with van der Waals surface area (Å²) in [7, 11) is 0. The van der Waals surface area contributed by atoms with E-state index in [0.29, 0.717) is 5.75 Å². The lowest BCUT2D eigenvalue weighted by molar-refractivity contribution is -0.137. The van der Waals surface area contributed by atoms with Gasteiger partial charge >= 0.3 is 12.2 Å². The summed E-state index contributed by atoms with van der Waals surface area (Å²) < 4.78 is 42.8. The van der Waals surface area contributed by atoms with Gasteiger partial charge in [0.15, 0.2) is 6.73 Å². The van der Waals surface area contributed by atoms with Crippen LogP contribution < -0.4 is 15.4 Å². The number of hydrogen-bond acceptors (Lipinski definition) is 2. The summed E-state index contributed by atoms with van der Waals surface area (Å²) in [5.74, 6) is 0.649. The van der Waals surface area contributed by atoms with Crippen molar-refractivity contribution in [3.8, 4) is 5.75 Å². The Morgan fingerprint density at radius 1 is 1.08 bits per heavy atom. The Morgan fingerprint density at radius 3 is 2.33 bits per heavy atom. The Morgan fingerprint density at radius 2 is 1.75 bits per heavy atom. The number of carbonyl (C=O) groups excluding carboxylic acids is 1. The highest BCUT2D eigenvalue weighted by Gasteiger charge is 2.29. The van der Waals surface area contributed by atoms with Crippen molar-refractivity contribution >= 4 is 11.7 Å². The lowest BCUT2D eigenvalue weighted by Crippen LogP contribution is -2.32. The van der Waals surface area contributed by atoms with Crippen molar-refractivity contribution in [2.45, 2.75) is 20.0 Å². The predicted octanol–water partition coefficient (Wildman–Crippen LogP) is 4.48. The number of hydrogen-bond donors (Lipinski definition) is 2. The third-order valence-electron chi connectivity index (χ3n) is 3.26. The average Bonchev–Trinajstić information content (AvgIpc) is 2.49. The molecule has 2 amide bonds. The maximum atomic E-state index is 12.5. The maximum Gasteiger partial charge on any atom is 0.416 e. The van der Waals surface area contributed by atoms with Crippen molar-refractivity contribution < 1.29 is 22.7 Å². The van der Waals surface area contributed by atoms with Gasteiger partial charge in [0.1, 0.15) is 5.75 Å². The summed E-state index contributed by atoms with van der Waals surface area (Å²) in [4.78, 5) is 11.7. The maximum absolute atomic E-state index is 12.5. The number of rotatable bonds is 4. The van der Waals surface area contributed by atoms with E-state index in [1.165, 1.54) is 12.1 Å². The molecule has 0 atom stereocenters. The van der Waals surface area contributed by atoms with Crippen LogP contribution in [0.25, 0.3) is 0 Å². The van der Waals surface area contributed by atoms with Gasteiger partial charge in [0, 0.05) is 5.69 Å². The van der Waals surface area contributed by atoms with Gasteiger partial charge in [-0.05, 0) is 49.7 Å². The quantitative estimate of drug-likeness (QED) is 0.808. The third-order valence-corrected chi connectivity index (χ3v) is 3.26. The van der Waals surface area contributed by atoms with Crippen molar-refractivity contribution in [1.82, 2.24) is 5.32 Å². The molecule has 0 aromatic heterocycles. The number of amides is 2. The molecule has 128 valence electrons. The largest absolute Gasteiger partial charge is 0.473 e. The molecule has 0 aliphatic rings. The second kappa shape index (κ2) is 7.25. The van der Waals surface area contributed by atoms with E-state index in [-0.39, 0.29) is 12.4 Å². The Bertz CT molecular complexity index is 713. The summed E-state index contributed by atoms with van der Waals surface area (Å²) in [6.45, 7) is 3.80. The summed E-state index contributed by atoms with van der Waals surface area (Å²) in [5.41, 5.74) is 1.53. The minimum Gasteiger partial charge on any atom is -0.473 e. The van der Waals surface area contributed by atoms with Crippen LogP contribution >= 0.6 is 0 Å².